The Morgan fingerprint density at radius 2 is 2.06 bits per heavy atom. The molecule has 1 aromatic heterocycles. The minimum absolute atomic E-state index is 0.135. The molecule has 0 aliphatic carbocycles. The summed E-state index contributed by atoms with van der Waals surface area (Å²) in [5.74, 6) is 0.770. The van der Waals surface area contributed by atoms with Crippen molar-refractivity contribution >= 4 is 17.6 Å². The van der Waals surface area contributed by atoms with Crippen molar-refractivity contribution in [2.75, 3.05) is 5.32 Å². The summed E-state index contributed by atoms with van der Waals surface area (Å²) < 4.78 is 4.83. The molecule has 18 heavy (non-hydrogen) atoms. The van der Waals surface area contributed by atoms with E-state index < -0.39 is 6.04 Å². The van der Waals surface area contributed by atoms with Gasteiger partial charge in [-0.05, 0) is 19.8 Å². The van der Waals surface area contributed by atoms with Gasteiger partial charge in [0, 0.05) is 12.5 Å². The zero-order valence-electron chi connectivity index (χ0n) is 11.1. The number of rotatable bonds is 5. The van der Waals surface area contributed by atoms with E-state index >= 15 is 0 Å². The van der Waals surface area contributed by atoms with Crippen LogP contribution in [-0.2, 0) is 9.59 Å². The number of amides is 2. The highest BCUT2D eigenvalue weighted by atomic mass is 16.5. The molecule has 0 bridgehead atoms. The Labute approximate surface area is 106 Å². The lowest BCUT2D eigenvalue weighted by Crippen LogP contribution is -2.41. The summed E-state index contributed by atoms with van der Waals surface area (Å²) in [4.78, 5) is 23.2. The SMILES string of the molecule is Cc1cc(NC(=O)[C@H](C)NC(=O)CC(C)C)no1. The molecule has 1 aromatic rings. The number of nitrogens with one attached hydrogen (secondary N) is 2. The number of anilines is 1. The fraction of sp³-hybridized carbons (Fsp3) is 0.583. The summed E-state index contributed by atoms with van der Waals surface area (Å²) in [6.45, 7) is 7.25. The van der Waals surface area contributed by atoms with Gasteiger partial charge in [-0.25, -0.2) is 0 Å². The standard InChI is InChI=1S/C12H19N3O3/c1-7(2)5-11(16)13-9(4)12(17)14-10-6-8(3)18-15-10/h6-7,9H,5H2,1-4H3,(H,13,16)(H,14,15,17)/t9-/m0/s1. The van der Waals surface area contributed by atoms with Gasteiger partial charge in [-0.2, -0.15) is 0 Å². The maximum atomic E-state index is 11.7. The predicted molar refractivity (Wildman–Crippen MR) is 66.9 cm³/mol. The van der Waals surface area contributed by atoms with Crippen LogP contribution < -0.4 is 10.6 Å². The summed E-state index contributed by atoms with van der Waals surface area (Å²) in [6.07, 6.45) is 0.403. The van der Waals surface area contributed by atoms with Crippen LogP contribution in [0.3, 0.4) is 0 Å². The minimum atomic E-state index is -0.603. The maximum Gasteiger partial charge on any atom is 0.247 e. The third kappa shape index (κ3) is 4.57. The third-order valence-corrected chi connectivity index (χ3v) is 2.24. The fourth-order valence-electron chi connectivity index (χ4n) is 1.40. The molecule has 0 spiro atoms. The van der Waals surface area contributed by atoms with E-state index in [-0.39, 0.29) is 17.7 Å². The smallest absolute Gasteiger partial charge is 0.247 e. The summed E-state index contributed by atoms with van der Waals surface area (Å²) in [7, 11) is 0. The highest BCUT2D eigenvalue weighted by molar-refractivity contribution is 5.96. The van der Waals surface area contributed by atoms with Crippen molar-refractivity contribution in [3.8, 4) is 0 Å². The molecule has 2 N–H and O–H groups in total. The van der Waals surface area contributed by atoms with E-state index in [0.717, 1.165) is 0 Å². The van der Waals surface area contributed by atoms with E-state index in [1.807, 2.05) is 13.8 Å². The van der Waals surface area contributed by atoms with Gasteiger partial charge in [0.15, 0.2) is 5.82 Å². The van der Waals surface area contributed by atoms with Gasteiger partial charge >= 0.3 is 0 Å². The van der Waals surface area contributed by atoms with Crippen molar-refractivity contribution in [3.63, 3.8) is 0 Å². The second kappa shape index (κ2) is 6.18. The van der Waals surface area contributed by atoms with Gasteiger partial charge in [0.2, 0.25) is 11.8 Å². The second-order valence-corrected chi connectivity index (χ2v) is 4.70. The molecule has 0 radical (unpaired) electrons. The average molecular weight is 253 g/mol. The Balaban J connectivity index is 2.44. The number of hydrogen-bond acceptors (Lipinski definition) is 4. The Morgan fingerprint density at radius 3 is 2.56 bits per heavy atom. The Kier molecular flexibility index (Phi) is 4.88. The predicted octanol–water partition coefficient (Wildman–Crippen LogP) is 1.47. The van der Waals surface area contributed by atoms with Crippen LogP contribution in [0.5, 0.6) is 0 Å². The van der Waals surface area contributed by atoms with Crippen LogP contribution in [0.4, 0.5) is 5.82 Å². The number of aryl methyl sites for hydroxylation is 1. The largest absolute Gasteiger partial charge is 0.360 e. The maximum absolute atomic E-state index is 11.7. The molecule has 0 aliphatic heterocycles. The van der Waals surface area contributed by atoms with Crippen molar-refractivity contribution in [1.29, 1.82) is 0 Å². The van der Waals surface area contributed by atoms with Gasteiger partial charge < -0.3 is 15.2 Å². The minimum Gasteiger partial charge on any atom is -0.360 e. The van der Waals surface area contributed by atoms with E-state index in [9.17, 15) is 9.59 Å². The van der Waals surface area contributed by atoms with E-state index in [2.05, 4.69) is 15.8 Å². The molecule has 1 heterocycles. The molecule has 0 fully saturated rings. The first-order valence-corrected chi connectivity index (χ1v) is 5.92. The highest BCUT2D eigenvalue weighted by Crippen LogP contribution is 2.07. The Bertz CT molecular complexity index is 426. The van der Waals surface area contributed by atoms with Crippen LogP contribution >= 0.6 is 0 Å². The molecule has 0 aromatic carbocycles. The van der Waals surface area contributed by atoms with E-state index in [4.69, 9.17) is 4.52 Å². The van der Waals surface area contributed by atoms with Gasteiger partial charge in [0.1, 0.15) is 11.8 Å². The first-order chi connectivity index (χ1) is 8.38. The normalized spacial score (nSPS) is 12.3. The van der Waals surface area contributed by atoms with Gasteiger partial charge in [-0.3, -0.25) is 9.59 Å². The fourth-order valence-corrected chi connectivity index (χ4v) is 1.40. The highest BCUT2D eigenvalue weighted by Gasteiger charge is 2.17. The number of carbonyl (C=O) groups is 2. The van der Waals surface area contributed by atoms with Crippen LogP contribution in [0, 0.1) is 12.8 Å². The van der Waals surface area contributed by atoms with Crippen molar-refractivity contribution in [2.45, 2.75) is 40.2 Å². The number of nitrogens with zero attached hydrogens (tertiary/aromatic N) is 1. The van der Waals surface area contributed by atoms with Gasteiger partial charge in [0.05, 0.1) is 0 Å². The molecule has 1 atom stereocenters. The van der Waals surface area contributed by atoms with E-state index in [0.29, 0.717) is 18.0 Å². The lowest BCUT2D eigenvalue weighted by molar-refractivity contribution is -0.126. The van der Waals surface area contributed by atoms with Crippen LogP contribution in [0.25, 0.3) is 0 Å². The molecular formula is C12H19N3O3. The summed E-state index contributed by atoms with van der Waals surface area (Å²) in [5, 5.41) is 8.84. The van der Waals surface area contributed by atoms with Crippen LogP contribution in [0.15, 0.2) is 10.6 Å². The molecule has 6 nitrogen and oxygen atoms in total. The van der Waals surface area contributed by atoms with Crippen molar-refractivity contribution < 1.29 is 14.1 Å². The van der Waals surface area contributed by atoms with E-state index in [1.165, 1.54) is 0 Å². The summed E-state index contributed by atoms with van der Waals surface area (Å²) >= 11 is 0. The lowest BCUT2D eigenvalue weighted by Gasteiger charge is -2.13. The van der Waals surface area contributed by atoms with Gasteiger partial charge in [-0.15, -0.1) is 0 Å². The molecule has 2 amide bonds. The molecule has 1 rings (SSSR count). The van der Waals surface area contributed by atoms with E-state index in [1.54, 1.807) is 19.9 Å². The van der Waals surface area contributed by atoms with Crippen LogP contribution in [-0.4, -0.2) is 23.0 Å². The first-order valence-electron chi connectivity index (χ1n) is 5.92. The number of carbonyl (C=O) groups excluding carboxylic acids is 2. The zero-order chi connectivity index (χ0) is 13.7. The first kappa shape index (κ1) is 14.2. The number of aromatic nitrogens is 1. The summed E-state index contributed by atoms with van der Waals surface area (Å²) in [5.41, 5.74) is 0. The molecule has 0 aliphatic rings. The van der Waals surface area contributed by atoms with Crippen LogP contribution in [0.2, 0.25) is 0 Å². The molecule has 100 valence electrons. The summed E-state index contributed by atoms with van der Waals surface area (Å²) in [6, 6.07) is 1.01. The van der Waals surface area contributed by atoms with Gasteiger partial charge in [0.25, 0.3) is 0 Å². The van der Waals surface area contributed by atoms with Crippen molar-refractivity contribution in [3.05, 3.63) is 11.8 Å². The topological polar surface area (TPSA) is 84.2 Å². The Morgan fingerprint density at radius 1 is 1.39 bits per heavy atom. The second-order valence-electron chi connectivity index (χ2n) is 4.70. The molecule has 6 heteroatoms. The number of hydrogen-bond donors (Lipinski definition) is 2. The van der Waals surface area contributed by atoms with Crippen molar-refractivity contribution in [2.24, 2.45) is 5.92 Å². The molecule has 0 unspecified atom stereocenters. The zero-order valence-corrected chi connectivity index (χ0v) is 11.1. The molecule has 0 saturated heterocycles. The molecule has 0 saturated carbocycles. The lowest BCUT2D eigenvalue weighted by atomic mass is 10.1. The Hall–Kier alpha value is -1.85. The van der Waals surface area contributed by atoms with Crippen LogP contribution in [0.1, 0.15) is 33.0 Å². The third-order valence-electron chi connectivity index (χ3n) is 2.24. The molecular weight excluding hydrogens is 234 g/mol. The quantitative estimate of drug-likeness (QED) is 0.832. The van der Waals surface area contributed by atoms with Gasteiger partial charge in [-0.1, -0.05) is 19.0 Å². The van der Waals surface area contributed by atoms with Crippen molar-refractivity contribution in [1.82, 2.24) is 10.5 Å². The monoisotopic (exact) mass is 253 g/mol. The average Bonchev–Trinajstić information content (AvgIpc) is 2.62.